The summed E-state index contributed by atoms with van der Waals surface area (Å²) >= 11 is 14.1. The third kappa shape index (κ3) is 7.30. The molecule has 0 spiro atoms. The predicted molar refractivity (Wildman–Crippen MR) is 57.0 cm³/mol. The van der Waals surface area contributed by atoms with Gasteiger partial charge in [0.25, 0.3) is 0 Å². The van der Waals surface area contributed by atoms with Crippen LogP contribution in [0.2, 0.25) is 0 Å². The summed E-state index contributed by atoms with van der Waals surface area (Å²) in [5, 5.41) is 1.32. The van der Waals surface area contributed by atoms with Crippen molar-refractivity contribution in [2.75, 3.05) is 10.8 Å². The van der Waals surface area contributed by atoms with Gasteiger partial charge in [0.05, 0.1) is 0 Å². The second-order valence-corrected chi connectivity index (χ2v) is 4.44. The standard InChI is InChI=1S/C5H11S4/c6-2-1-5(8)3-9-4-7/h2,5-8H,1,3-4H2. The number of hydrogen-bond acceptors (Lipinski definition) is 4. The van der Waals surface area contributed by atoms with Crippen LogP contribution in [0.5, 0.6) is 0 Å². The van der Waals surface area contributed by atoms with Crippen molar-refractivity contribution >= 4 is 49.6 Å². The fourth-order valence-electron chi connectivity index (χ4n) is 0.378. The maximum atomic E-state index is 4.31. The van der Waals surface area contributed by atoms with Crippen LogP contribution in [0.25, 0.3) is 0 Å². The highest BCUT2D eigenvalue weighted by atomic mass is 32.2. The van der Waals surface area contributed by atoms with Gasteiger partial charge < -0.3 is 0 Å². The van der Waals surface area contributed by atoms with E-state index >= 15 is 0 Å². The molecule has 0 saturated heterocycles. The van der Waals surface area contributed by atoms with Crippen molar-refractivity contribution in [3.63, 3.8) is 0 Å². The van der Waals surface area contributed by atoms with Crippen molar-refractivity contribution < 1.29 is 0 Å². The molecule has 1 unspecified atom stereocenters. The summed E-state index contributed by atoms with van der Waals surface area (Å²) in [5.41, 5.74) is 0. The molecule has 0 saturated carbocycles. The average Bonchev–Trinajstić information content (AvgIpc) is 1.85. The van der Waals surface area contributed by atoms with E-state index in [0.717, 1.165) is 17.3 Å². The van der Waals surface area contributed by atoms with Crippen molar-refractivity contribution in [2.45, 2.75) is 11.7 Å². The van der Waals surface area contributed by atoms with Crippen LogP contribution in [0.15, 0.2) is 0 Å². The van der Waals surface area contributed by atoms with Gasteiger partial charge in [-0.1, -0.05) is 0 Å². The summed E-state index contributed by atoms with van der Waals surface area (Å²) in [7, 11) is 0. The Morgan fingerprint density at radius 2 is 2.22 bits per heavy atom. The predicted octanol–water partition coefficient (Wildman–Crippen LogP) is 2.39. The Kier molecular flexibility index (Phi) is 8.67. The molecule has 0 amide bonds. The van der Waals surface area contributed by atoms with Crippen LogP contribution >= 0.6 is 49.6 Å². The first-order valence-electron chi connectivity index (χ1n) is 2.63. The highest BCUT2D eigenvalue weighted by Crippen LogP contribution is 2.13. The summed E-state index contributed by atoms with van der Waals surface area (Å²) in [6, 6.07) is 0. The van der Waals surface area contributed by atoms with E-state index in [9.17, 15) is 0 Å². The number of thioether (sulfide) groups is 1. The third-order valence-electron chi connectivity index (χ3n) is 0.779. The second-order valence-electron chi connectivity index (χ2n) is 1.57. The monoisotopic (exact) mass is 199 g/mol. The molecule has 0 aromatic heterocycles. The quantitative estimate of drug-likeness (QED) is 0.451. The van der Waals surface area contributed by atoms with Gasteiger partial charge >= 0.3 is 0 Å². The lowest BCUT2D eigenvalue weighted by atomic mass is 10.4. The van der Waals surface area contributed by atoms with Gasteiger partial charge in [-0.15, -0.1) is 0 Å². The fraction of sp³-hybridized carbons (Fsp3) is 0.800. The molecule has 0 aliphatic heterocycles. The summed E-state index contributed by atoms with van der Waals surface area (Å²) in [5.74, 6) is 2.90. The minimum Gasteiger partial charge on any atom is -0.175 e. The summed E-state index contributed by atoms with van der Waals surface area (Å²) < 4.78 is 0. The molecule has 0 aromatic rings. The molecule has 1 atom stereocenters. The van der Waals surface area contributed by atoms with Gasteiger partial charge in [0, 0.05) is 21.8 Å². The lowest BCUT2D eigenvalue weighted by Gasteiger charge is -2.05. The maximum absolute atomic E-state index is 4.31. The zero-order chi connectivity index (χ0) is 7.11. The molecule has 0 bridgehead atoms. The first-order valence-corrected chi connectivity index (χ1v) is 5.45. The van der Waals surface area contributed by atoms with Crippen molar-refractivity contribution in [1.29, 1.82) is 0 Å². The van der Waals surface area contributed by atoms with E-state index < -0.39 is 0 Å². The number of rotatable bonds is 5. The lowest BCUT2D eigenvalue weighted by molar-refractivity contribution is 0.990. The van der Waals surface area contributed by atoms with E-state index in [2.05, 4.69) is 37.9 Å². The van der Waals surface area contributed by atoms with Crippen LogP contribution in [0.1, 0.15) is 6.42 Å². The molecule has 4 heteroatoms. The minimum absolute atomic E-state index is 0.444. The molecule has 0 rings (SSSR count). The topological polar surface area (TPSA) is 0 Å². The summed E-state index contributed by atoms with van der Waals surface area (Å²) in [6.07, 6.45) is 0.965. The van der Waals surface area contributed by atoms with Gasteiger partial charge in [-0.25, -0.2) is 0 Å². The van der Waals surface area contributed by atoms with Gasteiger partial charge in [-0.2, -0.15) is 49.6 Å². The van der Waals surface area contributed by atoms with Crippen LogP contribution in [-0.2, 0) is 0 Å². The minimum atomic E-state index is 0.444. The molecule has 0 aliphatic rings. The zero-order valence-corrected chi connectivity index (χ0v) is 8.53. The Labute approximate surface area is 77.8 Å². The van der Waals surface area contributed by atoms with E-state index in [1.807, 2.05) is 5.75 Å². The van der Waals surface area contributed by atoms with Crippen molar-refractivity contribution in [3.8, 4) is 0 Å². The molecule has 0 aromatic carbocycles. The molecule has 0 aliphatic carbocycles. The molecule has 9 heavy (non-hydrogen) atoms. The van der Waals surface area contributed by atoms with Crippen molar-refractivity contribution in [2.24, 2.45) is 0 Å². The average molecular weight is 199 g/mol. The summed E-state index contributed by atoms with van der Waals surface area (Å²) in [6.45, 7) is 0. The Hall–Kier alpha value is 1.40. The first kappa shape index (κ1) is 10.4. The van der Waals surface area contributed by atoms with E-state index in [4.69, 9.17) is 0 Å². The van der Waals surface area contributed by atoms with Crippen LogP contribution in [-0.4, -0.2) is 16.1 Å². The van der Waals surface area contributed by atoms with Crippen LogP contribution in [0.4, 0.5) is 0 Å². The molecule has 1 radical (unpaired) electrons. The molecule has 0 heterocycles. The second kappa shape index (κ2) is 7.51. The van der Waals surface area contributed by atoms with E-state index in [1.165, 1.54) is 0 Å². The summed E-state index contributed by atoms with van der Waals surface area (Å²) in [4.78, 5) is 0. The van der Waals surface area contributed by atoms with E-state index in [1.54, 1.807) is 11.8 Å². The Morgan fingerprint density at radius 1 is 1.56 bits per heavy atom. The zero-order valence-electron chi connectivity index (χ0n) is 5.03. The number of hydrogen-bond donors (Lipinski definition) is 3. The van der Waals surface area contributed by atoms with Gasteiger partial charge in [0.15, 0.2) is 0 Å². The molecule has 55 valence electrons. The fourth-order valence-corrected chi connectivity index (χ4v) is 2.05. The first-order chi connectivity index (χ1) is 4.31. The Bertz CT molecular complexity index is 56.9. The molecule has 0 N–H and O–H groups in total. The molecular weight excluding hydrogens is 188 g/mol. The molecule has 0 nitrogen and oxygen atoms in total. The van der Waals surface area contributed by atoms with Crippen molar-refractivity contribution in [1.82, 2.24) is 0 Å². The molecule has 0 fully saturated rings. The Balaban J connectivity index is 2.95. The van der Waals surface area contributed by atoms with E-state index in [0.29, 0.717) is 5.25 Å². The van der Waals surface area contributed by atoms with Crippen LogP contribution < -0.4 is 0 Å². The van der Waals surface area contributed by atoms with Gasteiger partial charge in [0.2, 0.25) is 0 Å². The Morgan fingerprint density at radius 3 is 2.67 bits per heavy atom. The maximum Gasteiger partial charge on any atom is 0.0362 e. The third-order valence-corrected chi connectivity index (χ3v) is 3.00. The van der Waals surface area contributed by atoms with E-state index in [-0.39, 0.29) is 0 Å². The number of thiol groups is 3. The van der Waals surface area contributed by atoms with Crippen LogP contribution in [0, 0.1) is 5.75 Å². The smallest absolute Gasteiger partial charge is 0.0362 e. The van der Waals surface area contributed by atoms with Gasteiger partial charge in [-0.05, 0) is 6.42 Å². The lowest BCUT2D eigenvalue weighted by Crippen LogP contribution is -2.00. The largest absolute Gasteiger partial charge is 0.175 e. The normalized spacial score (nSPS) is 13.7. The van der Waals surface area contributed by atoms with Crippen LogP contribution in [0.3, 0.4) is 0 Å². The highest BCUT2D eigenvalue weighted by molar-refractivity contribution is 8.09. The molecular formula is C5H11S4. The van der Waals surface area contributed by atoms with Crippen molar-refractivity contribution in [3.05, 3.63) is 5.75 Å². The van der Waals surface area contributed by atoms with Gasteiger partial charge in [0.1, 0.15) is 0 Å². The van der Waals surface area contributed by atoms with Gasteiger partial charge in [-0.3, -0.25) is 0 Å². The highest BCUT2D eigenvalue weighted by Gasteiger charge is 1.99. The SMILES string of the molecule is S[CH]CC(S)CSCS.